The molecule has 1 aliphatic rings. The fraction of sp³-hybridized carbons (Fsp3) is 0.750. The maximum absolute atomic E-state index is 8.91. The maximum Gasteiger partial charge on any atom is 0.297 e. The lowest BCUT2D eigenvalue weighted by molar-refractivity contribution is 0.245. The summed E-state index contributed by atoms with van der Waals surface area (Å²) in [5.74, 6) is 2.13. The lowest BCUT2D eigenvalue weighted by atomic mass is 9.87. The van der Waals surface area contributed by atoms with Crippen molar-refractivity contribution in [3.63, 3.8) is 0 Å². The lowest BCUT2D eigenvalue weighted by Gasteiger charge is -2.32. The Morgan fingerprint density at radius 3 is 2.69 bits per heavy atom. The molecule has 1 aromatic rings. The molecule has 1 aromatic heterocycles. The monoisotopic (exact) mass is 224 g/mol. The van der Waals surface area contributed by atoms with Crippen LogP contribution in [-0.2, 0) is 6.61 Å². The average molecular weight is 224 g/mol. The molecular weight excluding hydrogens is 204 g/mol. The lowest BCUT2D eigenvalue weighted by Crippen LogP contribution is -2.35. The Hall–Kier alpha value is -1.03. The van der Waals surface area contributed by atoms with Gasteiger partial charge in [0.25, 0.3) is 6.01 Å². The number of hydrogen-bond donors (Lipinski definition) is 1. The highest BCUT2D eigenvalue weighted by molar-refractivity contribution is 5.26. The van der Waals surface area contributed by atoms with Gasteiger partial charge in [0, 0.05) is 13.1 Å². The van der Waals surface area contributed by atoms with Gasteiger partial charge >= 0.3 is 0 Å². The smallest absolute Gasteiger partial charge is 0.297 e. The second kappa shape index (κ2) is 4.87. The summed E-state index contributed by atoms with van der Waals surface area (Å²) in [5.41, 5.74) is 0. The summed E-state index contributed by atoms with van der Waals surface area (Å²) in [6.45, 7) is 6.52. The van der Waals surface area contributed by atoms with Gasteiger partial charge in [0.05, 0.1) is 6.20 Å². The molecule has 0 aliphatic carbocycles. The zero-order chi connectivity index (χ0) is 11.5. The van der Waals surface area contributed by atoms with Crippen LogP contribution in [0.1, 0.15) is 32.4 Å². The molecule has 4 heteroatoms. The van der Waals surface area contributed by atoms with Crippen molar-refractivity contribution >= 4 is 6.01 Å². The number of aliphatic hydroxyl groups is 1. The number of aromatic nitrogens is 1. The van der Waals surface area contributed by atoms with Crippen LogP contribution in [0.15, 0.2) is 10.6 Å². The number of nitrogens with zero attached hydrogens (tertiary/aromatic N) is 2. The van der Waals surface area contributed by atoms with Gasteiger partial charge in [-0.3, -0.25) is 0 Å². The minimum Gasteiger partial charge on any atom is -0.426 e. The van der Waals surface area contributed by atoms with Gasteiger partial charge in [-0.15, -0.1) is 0 Å². The van der Waals surface area contributed by atoms with Gasteiger partial charge in [-0.05, 0) is 24.7 Å². The van der Waals surface area contributed by atoms with Gasteiger partial charge < -0.3 is 14.4 Å². The first kappa shape index (κ1) is 11.5. The van der Waals surface area contributed by atoms with Crippen LogP contribution in [-0.4, -0.2) is 23.2 Å². The van der Waals surface area contributed by atoms with E-state index in [0.717, 1.165) is 24.9 Å². The Labute approximate surface area is 96.3 Å². The van der Waals surface area contributed by atoms with Crippen LogP contribution in [0.4, 0.5) is 6.01 Å². The minimum absolute atomic E-state index is 0.0739. The summed E-state index contributed by atoms with van der Waals surface area (Å²) >= 11 is 0. The van der Waals surface area contributed by atoms with Gasteiger partial charge in [0.15, 0.2) is 5.76 Å². The Morgan fingerprint density at radius 1 is 1.50 bits per heavy atom. The van der Waals surface area contributed by atoms with E-state index in [9.17, 15) is 0 Å². The summed E-state index contributed by atoms with van der Waals surface area (Å²) in [6, 6.07) is 0.659. The predicted molar refractivity (Wildman–Crippen MR) is 62.2 cm³/mol. The zero-order valence-corrected chi connectivity index (χ0v) is 10.0. The van der Waals surface area contributed by atoms with Crippen LogP contribution in [0.5, 0.6) is 0 Å². The first-order chi connectivity index (χ1) is 7.70. The number of hydrogen-bond acceptors (Lipinski definition) is 4. The number of anilines is 1. The number of aliphatic hydroxyl groups excluding tert-OH is 1. The van der Waals surface area contributed by atoms with E-state index in [-0.39, 0.29) is 6.61 Å². The molecule has 0 saturated carbocycles. The third-order valence-electron chi connectivity index (χ3n) is 3.45. The number of piperidine rings is 1. The van der Waals surface area contributed by atoms with E-state index in [1.807, 2.05) is 0 Å². The molecular formula is C12H20N2O2. The molecule has 1 N–H and O–H groups in total. The van der Waals surface area contributed by atoms with Crippen molar-refractivity contribution in [1.29, 1.82) is 0 Å². The van der Waals surface area contributed by atoms with Gasteiger partial charge in [-0.25, -0.2) is 4.98 Å². The van der Waals surface area contributed by atoms with E-state index < -0.39 is 0 Å². The minimum atomic E-state index is -0.0739. The molecule has 0 spiro atoms. The number of oxazole rings is 1. The third kappa shape index (κ3) is 2.38. The SMILES string of the molecule is CC(C)C1CCN(c2ncc(CO)o2)CC1. The van der Waals surface area contributed by atoms with Gasteiger partial charge in [-0.1, -0.05) is 13.8 Å². The quantitative estimate of drug-likeness (QED) is 0.853. The summed E-state index contributed by atoms with van der Waals surface area (Å²) < 4.78 is 5.43. The van der Waals surface area contributed by atoms with E-state index >= 15 is 0 Å². The van der Waals surface area contributed by atoms with Crippen molar-refractivity contribution in [2.24, 2.45) is 11.8 Å². The summed E-state index contributed by atoms with van der Waals surface area (Å²) in [7, 11) is 0. The molecule has 4 nitrogen and oxygen atoms in total. The largest absolute Gasteiger partial charge is 0.426 e. The zero-order valence-electron chi connectivity index (χ0n) is 10.0. The van der Waals surface area contributed by atoms with Crippen LogP contribution in [0.2, 0.25) is 0 Å². The van der Waals surface area contributed by atoms with Crippen molar-refractivity contribution in [3.05, 3.63) is 12.0 Å². The first-order valence-electron chi connectivity index (χ1n) is 6.01. The summed E-state index contributed by atoms with van der Waals surface area (Å²) in [6.07, 6.45) is 4.01. The van der Waals surface area contributed by atoms with Crippen molar-refractivity contribution in [1.82, 2.24) is 4.98 Å². The third-order valence-corrected chi connectivity index (χ3v) is 3.45. The molecule has 2 rings (SSSR count). The predicted octanol–water partition coefficient (Wildman–Crippen LogP) is 2.04. The second-order valence-electron chi connectivity index (χ2n) is 4.84. The Balaban J connectivity index is 1.93. The van der Waals surface area contributed by atoms with Crippen molar-refractivity contribution in [2.45, 2.75) is 33.3 Å². The summed E-state index contributed by atoms with van der Waals surface area (Å²) in [4.78, 5) is 6.34. The summed E-state index contributed by atoms with van der Waals surface area (Å²) in [5, 5.41) is 8.91. The van der Waals surface area contributed by atoms with E-state index in [2.05, 4.69) is 23.7 Å². The highest BCUT2D eigenvalue weighted by atomic mass is 16.4. The number of rotatable bonds is 3. The first-order valence-corrected chi connectivity index (χ1v) is 6.01. The van der Waals surface area contributed by atoms with Crippen molar-refractivity contribution in [2.75, 3.05) is 18.0 Å². The van der Waals surface area contributed by atoms with Gasteiger partial charge in [-0.2, -0.15) is 0 Å². The van der Waals surface area contributed by atoms with Gasteiger partial charge in [0.1, 0.15) is 6.61 Å². The fourth-order valence-electron chi connectivity index (χ4n) is 2.27. The average Bonchev–Trinajstić information content (AvgIpc) is 2.77. The van der Waals surface area contributed by atoms with E-state index in [4.69, 9.17) is 9.52 Å². The second-order valence-corrected chi connectivity index (χ2v) is 4.84. The molecule has 0 unspecified atom stereocenters. The highest BCUT2D eigenvalue weighted by Gasteiger charge is 2.23. The molecule has 0 aromatic carbocycles. The Kier molecular flexibility index (Phi) is 3.49. The van der Waals surface area contributed by atoms with E-state index in [1.54, 1.807) is 6.20 Å². The Morgan fingerprint density at radius 2 is 2.19 bits per heavy atom. The van der Waals surface area contributed by atoms with E-state index in [0.29, 0.717) is 11.8 Å². The van der Waals surface area contributed by atoms with Crippen LogP contribution in [0, 0.1) is 11.8 Å². The molecule has 90 valence electrons. The van der Waals surface area contributed by atoms with Crippen LogP contribution in [0.25, 0.3) is 0 Å². The maximum atomic E-state index is 8.91. The molecule has 1 aliphatic heterocycles. The van der Waals surface area contributed by atoms with Crippen molar-refractivity contribution in [3.8, 4) is 0 Å². The molecule has 0 bridgehead atoms. The Bertz CT molecular complexity index is 328. The van der Waals surface area contributed by atoms with Crippen LogP contribution >= 0.6 is 0 Å². The highest BCUT2D eigenvalue weighted by Crippen LogP contribution is 2.27. The molecule has 1 fully saturated rings. The van der Waals surface area contributed by atoms with Crippen LogP contribution in [0.3, 0.4) is 0 Å². The molecule has 16 heavy (non-hydrogen) atoms. The molecule has 1 saturated heterocycles. The van der Waals surface area contributed by atoms with Crippen LogP contribution < -0.4 is 4.90 Å². The topological polar surface area (TPSA) is 49.5 Å². The normalized spacial score (nSPS) is 18.4. The van der Waals surface area contributed by atoms with Gasteiger partial charge in [0.2, 0.25) is 0 Å². The standard InChI is InChI=1S/C12H20N2O2/c1-9(2)10-3-5-14(6-4-10)12-13-7-11(8-15)16-12/h7,9-10,15H,3-6,8H2,1-2H3. The van der Waals surface area contributed by atoms with Crippen molar-refractivity contribution < 1.29 is 9.52 Å². The molecule has 0 atom stereocenters. The molecule has 2 heterocycles. The molecule has 0 radical (unpaired) electrons. The fourth-order valence-corrected chi connectivity index (χ4v) is 2.27. The van der Waals surface area contributed by atoms with E-state index in [1.165, 1.54) is 12.8 Å². The molecule has 0 amide bonds.